The van der Waals surface area contributed by atoms with Gasteiger partial charge in [-0.15, -0.1) is 0 Å². The molecule has 1 heteroatoms. The smallest absolute Gasteiger partial charge is 0.0662 e. The van der Waals surface area contributed by atoms with Crippen molar-refractivity contribution in [2.45, 2.75) is 12.8 Å². The third-order valence-electron chi connectivity index (χ3n) is 2.44. The van der Waals surface area contributed by atoms with Crippen LogP contribution in [0.15, 0.2) is 12.2 Å². The van der Waals surface area contributed by atoms with E-state index in [1.807, 2.05) is 0 Å². The second kappa shape index (κ2) is 1.60. The molecule has 2 aliphatic carbocycles. The van der Waals surface area contributed by atoms with Crippen molar-refractivity contribution >= 4 is 0 Å². The minimum absolute atomic E-state index is 0.347. The van der Waals surface area contributed by atoms with Gasteiger partial charge in [-0.1, -0.05) is 12.2 Å². The van der Waals surface area contributed by atoms with Crippen molar-refractivity contribution in [3.05, 3.63) is 12.2 Å². The molecule has 9 heavy (non-hydrogen) atoms. The zero-order chi connectivity index (χ0) is 6.27. The molecule has 1 saturated carbocycles. The molecule has 2 aliphatic rings. The number of nitrogens with zero attached hydrogens (tertiary/aromatic N) is 1. The van der Waals surface area contributed by atoms with Gasteiger partial charge >= 0.3 is 0 Å². The first kappa shape index (κ1) is 5.05. The minimum atomic E-state index is 0.347. The van der Waals surface area contributed by atoms with E-state index in [9.17, 15) is 0 Å². The van der Waals surface area contributed by atoms with Crippen LogP contribution in [0.1, 0.15) is 12.8 Å². The fraction of sp³-hybridized carbons (Fsp3) is 0.625. The average molecular weight is 119 g/mol. The third-order valence-corrected chi connectivity index (χ3v) is 2.44. The zero-order valence-electron chi connectivity index (χ0n) is 5.25. The van der Waals surface area contributed by atoms with Gasteiger partial charge in [-0.3, -0.25) is 0 Å². The Balaban J connectivity index is 2.22. The predicted octanol–water partition coefficient (Wildman–Crippen LogP) is 1.72. The van der Waals surface area contributed by atoms with Crippen LogP contribution in [-0.2, 0) is 0 Å². The van der Waals surface area contributed by atoms with Gasteiger partial charge in [0.05, 0.1) is 12.0 Å². The summed E-state index contributed by atoms with van der Waals surface area (Å²) in [5, 5.41) is 8.60. The van der Waals surface area contributed by atoms with Crippen LogP contribution in [-0.4, -0.2) is 0 Å². The summed E-state index contributed by atoms with van der Waals surface area (Å²) in [5.74, 6) is 1.71. The molecule has 0 spiro atoms. The molecule has 0 aromatic carbocycles. The summed E-state index contributed by atoms with van der Waals surface area (Å²) in [7, 11) is 0. The van der Waals surface area contributed by atoms with E-state index in [4.69, 9.17) is 5.26 Å². The van der Waals surface area contributed by atoms with Crippen LogP contribution in [0.3, 0.4) is 0 Å². The van der Waals surface area contributed by atoms with E-state index in [0.29, 0.717) is 11.8 Å². The van der Waals surface area contributed by atoms with Gasteiger partial charge in [0.2, 0.25) is 0 Å². The lowest BCUT2D eigenvalue weighted by Gasteiger charge is -2.06. The minimum Gasteiger partial charge on any atom is -0.198 e. The van der Waals surface area contributed by atoms with Crippen molar-refractivity contribution < 1.29 is 0 Å². The summed E-state index contributed by atoms with van der Waals surface area (Å²) >= 11 is 0. The Labute approximate surface area is 55.0 Å². The summed E-state index contributed by atoms with van der Waals surface area (Å²) in [4.78, 5) is 0. The van der Waals surface area contributed by atoms with Crippen LogP contribution >= 0.6 is 0 Å². The molecule has 1 fully saturated rings. The van der Waals surface area contributed by atoms with Crippen LogP contribution in [0, 0.1) is 29.1 Å². The lowest BCUT2D eigenvalue weighted by molar-refractivity contribution is 0.563. The number of allylic oxidation sites excluding steroid dienone is 2. The van der Waals surface area contributed by atoms with Crippen LogP contribution in [0.2, 0.25) is 0 Å². The van der Waals surface area contributed by atoms with E-state index in [0.717, 1.165) is 12.3 Å². The zero-order valence-corrected chi connectivity index (χ0v) is 5.25. The molecule has 2 bridgehead atoms. The third kappa shape index (κ3) is 0.595. The summed E-state index contributed by atoms with van der Waals surface area (Å²) in [6.45, 7) is 0. The van der Waals surface area contributed by atoms with E-state index in [1.54, 1.807) is 0 Å². The Bertz CT molecular complexity index is 187. The van der Waals surface area contributed by atoms with E-state index in [2.05, 4.69) is 18.2 Å². The molecule has 46 valence electrons. The topological polar surface area (TPSA) is 23.8 Å². The van der Waals surface area contributed by atoms with Gasteiger partial charge in [-0.25, -0.2) is 0 Å². The van der Waals surface area contributed by atoms with Crippen molar-refractivity contribution in [3.8, 4) is 6.07 Å². The summed E-state index contributed by atoms with van der Waals surface area (Å²) in [6, 6.07) is 2.34. The maximum absolute atomic E-state index is 8.60. The molecule has 0 saturated heterocycles. The van der Waals surface area contributed by atoms with E-state index >= 15 is 0 Å². The van der Waals surface area contributed by atoms with Crippen molar-refractivity contribution in [3.63, 3.8) is 0 Å². The van der Waals surface area contributed by atoms with E-state index in [1.165, 1.54) is 6.42 Å². The molecule has 0 heterocycles. The normalized spacial score (nSPS) is 45.4. The molecule has 0 amide bonds. The molecular formula is C8H9N. The Morgan fingerprint density at radius 3 is 2.56 bits per heavy atom. The fourth-order valence-corrected chi connectivity index (χ4v) is 1.93. The summed E-state index contributed by atoms with van der Waals surface area (Å²) < 4.78 is 0. The Morgan fingerprint density at radius 2 is 2.22 bits per heavy atom. The highest BCUT2D eigenvalue weighted by molar-refractivity contribution is 5.14. The quantitative estimate of drug-likeness (QED) is 0.445. The van der Waals surface area contributed by atoms with Gasteiger partial charge in [0, 0.05) is 0 Å². The van der Waals surface area contributed by atoms with Gasteiger partial charge < -0.3 is 0 Å². The number of fused-ring (bicyclic) bond motifs is 2. The van der Waals surface area contributed by atoms with Gasteiger partial charge in [0.1, 0.15) is 0 Å². The highest BCUT2D eigenvalue weighted by atomic mass is 14.4. The molecule has 0 aromatic rings. The summed E-state index contributed by atoms with van der Waals surface area (Å²) in [5.41, 5.74) is 0. The first-order valence-corrected chi connectivity index (χ1v) is 3.48. The van der Waals surface area contributed by atoms with Crippen LogP contribution < -0.4 is 0 Å². The Morgan fingerprint density at radius 1 is 1.33 bits per heavy atom. The SMILES string of the molecule is N#C[C@@H]1C[C@@H]2C=C[C@H]1C2. The lowest BCUT2D eigenvalue weighted by Crippen LogP contribution is -2.02. The maximum atomic E-state index is 8.60. The Kier molecular flexibility index (Phi) is 0.900. The van der Waals surface area contributed by atoms with Crippen molar-refractivity contribution in [2.24, 2.45) is 17.8 Å². The molecule has 2 rings (SSSR count). The molecular weight excluding hydrogens is 110 g/mol. The Hall–Kier alpha value is -0.770. The molecule has 0 aromatic heterocycles. The van der Waals surface area contributed by atoms with Crippen LogP contribution in [0.4, 0.5) is 0 Å². The lowest BCUT2D eigenvalue weighted by atomic mass is 9.95. The average Bonchev–Trinajstić information content (AvgIpc) is 2.45. The maximum Gasteiger partial charge on any atom is 0.0662 e. The highest BCUT2D eigenvalue weighted by Gasteiger charge is 2.35. The molecule has 1 nitrogen and oxygen atoms in total. The van der Waals surface area contributed by atoms with E-state index < -0.39 is 0 Å². The molecule has 0 unspecified atom stereocenters. The number of rotatable bonds is 0. The summed E-state index contributed by atoms with van der Waals surface area (Å²) in [6.07, 6.45) is 6.84. The van der Waals surface area contributed by atoms with Crippen molar-refractivity contribution in [1.29, 1.82) is 5.26 Å². The van der Waals surface area contributed by atoms with Crippen molar-refractivity contribution in [1.82, 2.24) is 0 Å². The van der Waals surface area contributed by atoms with Gasteiger partial charge in [0.25, 0.3) is 0 Å². The molecule has 0 aliphatic heterocycles. The second-order valence-corrected chi connectivity index (χ2v) is 3.02. The van der Waals surface area contributed by atoms with E-state index in [-0.39, 0.29) is 0 Å². The molecule has 0 N–H and O–H groups in total. The number of nitriles is 1. The van der Waals surface area contributed by atoms with Gasteiger partial charge in [-0.05, 0) is 24.7 Å². The molecule has 0 radical (unpaired) electrons. The van der Waals surface area contributed by atoms with Crippen LogP contribution in [0.5, 0.6) is 0 Å². The predicted molar refractivity (Wildman–Crippen MR) is 34.5 cm³/mol. The molecule has 3 atom stereocenters. The first-order valence-electron chi connectivity index (χ1n) is 3.48. The standard InChI is InChI=1S/C8H9N/c9-5-8-4-6-1-2-7(8)3-6/h1-2,6-8H,3-4H2/t6-,7+,8+/m1/s1. The number of hydrogen-bond donors (Lipinski definition) is 0. The fourth-order valence-electron chi connectivity index (χ4n) is 1.93. The first-order chi connectivity index (χ1) is 4.40. The largest absolute Gasteiger partial charge is 0.198 e. The van der Waals surface area contributed by atoms with Crippen molar-refractivity contribution in [2.75, 3.05) is 0 Å². The number of hydrogen-bond acceptors (Lipinski definition) is 1. The highest BCUT2D eigenvalue weighted by Crippen LogP contribution is 2.42. The monoisotopic (exact) mass is 119 g/mol. The van der Waals surface area contributed by atoms with Crippen LogP contribution in [0.25, 0.3) is 0 Å². The van der Waals surface area contributed by atoms with Gasteiger partial charge in [0.15, 0.2) is 0 Å². The van der Waals surface area contributed by atoms with Gasteiger partial charge in [-0.2, -0.15) is 5.26 Å². The second-order valence-electron chi connectivity index (χ2n) is 3.02.